The second-order valence-electron chi connectivity index (χ2n) is 7.81. The first-order valence-corrected chi connectivity index (χ1v) is 11.9. The van der Waals surface area contributed by atoms with Crippen LogP contribution in [0.1, 0.15) is 33.8 Å². The Morgan fingerprint density at radius 1 is 1.12 bits per heavy atom. The van der Waals surface area contributed by atoms with Gasteiger partial charge in [0.2, 0.25) is 0 Å². The summed E-state index contributed by atoms with van der Waals surface area (Å²) in [5.41, 5.74) is 2.12. The van der Waals surface area contributed by atoms with Crippen LogP contribution in [0.3, 0.4) is 0 Å². The third-order valence-corrected chi connectivity index (χ3v) is 6.93. The van der Waals surface area contributed by atoms with Gasteiger partial charge in [0.05, 0.1) is 17.3 Å². The highest BCUT2D eigenvalue weighted by Gasteiger charge is 2.17. The first-order valence-electron chi connectivity index (χ1n) is 10.7. The van der Waals surface area contributed by atoms with E-state index in [0.29, 0.717) is 11.6 Å². The molecule has 4 rings (SSSR count). The fourth-order valence-electron chi connectivity index (χ4n) is 3.66. The van der Waals surface area contributed by atoms with Crippen LogP contribution >= 0.6 is 22.9 Å². The van der Waals surface area contributed by atoms with Crippen LogP contribution in [-0.2, 0) is 6.54 Å². The molecule has 0 saturated heterocycles. The quantitative estimate of drug-likeness (QED) is 0.352. The van der Waals surface area contributed by atoms with Crippen LogP contribution in [0.2, 0.25) is 5.02 Å². The summed E-state index contributed by atoms with van der Waals surface area (Å²) in [6.07, 6.45) is 1.36. The van der Waals surface area contributed by atoms with Gasteiger partial charge >= 0.3 is 0 Å². The molecular weight excluding hydrogens is 473 g/mol. The minimum absolute atomic E-state index is 0.0944. The number of para-hydroxylation sites is 1. The van der Waals surface area contributed by atoms with Crippen molar-refractivity contribution < 1.29 is 9.18 Å². The average molecular weight is 496 g/mol. The summed E-state index contributed by atoms with van der Waals surface area (Å²) in [6.45, 7) is 2.61. The van der Waals surface area contributed by atoms with Gasteiger partial charge in [-0.2, -0.15) is 0 Å². The van der Waals surface area contributed by atoms with Crippen molar-refractivity contribution in [3.8, 4) is 16.1 Å². The van der Waals surface area contributed by atoms with Crippen molar-refractivity contribution in [2.45, 2.75) is 19.5 Å². The van der Waals surface area contributed by atoms with E-state index in [2.05, 4.69) is 10.6 Å². The minimum atomic E-state index is -0.541. The SMILES string of the molecule is CNCc1ccc(Cl)cc1-c1ccc([C@@H](C)NC(=O)c2ccc(=O)n(-c3ccccc3F)c2)s1. The summed E-state index contributed by atoms with van der Waals surface area (Å²) in [6, 6.07) is 18.2. The lowest BCUT2D eigenvalue weighted by atomic mass is 10.1. The summed E-state index contributed by atoms with van der Waals surface area (Å²) in [7, 11) is 1.89. The fourth-order valence-corrected chi connectivity index (χ4v) is 4.89. The molecule has 0 unspecified atom stereocenters. The smallest absolute Gasteiger partial charge is 0.255 e. The molecule has 1 amide bonds. The van der Waals surface area contributed by atoms with E-state index < -0.39 is 11.4 Å². The van der Waals surface area contributed by atoms with Gasteiger partial charge in [-0.05, 0) is 67.6 Å². The zero-order valence-corrected chi connectivity index (χ0v) is 20.2. The van der Waals surface area contributed by atoms with Crippen LogP contribution in [0, 0.1) is 5.82 Å². The highest BCUT2D eigenvalue weighted by Crippen LogP contribution is 2.35. The predicted molar refractivity (Wildman–Crippen MR) is 135 cm³/mol. The van der Waals surface area contributed by atoms with Gasteiger partial charge in [0.1, 0.15) is 5.82 Å². The molecule has 0 fully saturated rings. The van der Waals surface area contributed by atoms with E-state index in [9.17, 15) is 14.0 Å². The second kappa shape index (κ2) is 10.3. The molecule has 2 aromatic carbocycles. The van der Waals surface area contributed by atoms with Gasteiger partial charge in [0.25, 0.3) is 11.5 Å². The molecule has 0 aliphatic heterocycles. The first kappa shape index (κ1) is 23.9. The van der Waals surface area contributed by atoms with Crippen LogP contribution in [0.4, 0.5) is 4.39 Å². The highest BCUT2D eigenvalue weighted by atomic mass is 35.5. The molecule has 1 atom stereocenters. The van der Waals surface area contributed by atoms with Gasteiger partial charge in [-0.15, -0.1) is 11.3 Å². The number of amides is 1. The number of hydrogen-bond donors (Lipinski definition) is 2. The van der Waals surface area contributed by atoms with Crippen molar-refractivity contribution in [2.24, 2.45) is 0 Å². The molecule has 5 nitrogen and oxygen atoms in total. The maximum Gasteiger partial charge on any atom is 0.255 e. The van der Waals surface area contributed by atoms with Crippen LogP contribution < -0.4 is 16.2 Å². The number of rotatable bonds is 7. The molecule has 0 aliphatic rings. The number of halogens is 2. The van der Waals surface area contributed by atoms with Crippen LogP contribution in [-0.4, -0.2) is 17.5 Å². The molecule has 0 bridgehead atoms. The van der Waals surface area contributed by atoms with Gasteiger partial charge in [-0.3, -0.25) is 14.2 Å². The summed E-state index contributed by atoms with van der Waals surface area (Å²) in [5, 5.41) is 6.80. The zero-order chi connectivity index (χ0) is 24.2. The Balaban J connectivity index is 1.55. The summed E-state index contributed by atoms with van der Waals surface area (Å²) in [5.74, 6) is -0.897. The molecule has 174 valence electrons. The molecule has 8 heteroatoms. The van der Waals surface area contributed by atoms with E-state index in [4.69, 9.17) is 11.6 Å². The van der Waals surface area contributed by atoms with Gasteiger partial charge < -0.3 is 10.6 Å². The molecular formula is C26H23ClFN3O2S. The lowest BCUT2D eigenvalue weighted by Crippen LogP contribution is -2.28. The van der Waals surface area contributed by atoms with E-state index in [-0.39, 0.29) is 23.2 Å². The van der Waals surface area contributed by atoms with Crippen molar-refractivity contribution in [2.75, 3.05) is 7.05 Å². The largest absolute Gasteiger partial charge is 0.345 e. The first-order chi connectivity index (χ1) is 16.4. The van der Waals surface area contributed by atoms with Crippen molar-refractivity contribution in [1.82, 2.24) is 15.2 Å². The van der Waals surface area contributed by atoms with E-state index in [1.54, 1.807) is 23.5 Å². The minimum Gasteiger partial charge on any atom is -0.345 e. The van der Waals surface area contributed by atoms with Gasteiger partial charge in [-0.25, -0.2) is 4.39 Å². The number of carbonyl (C=O) groups is 1. The van der Waals surface area contributed by atoms with Crippen molar-refractivity contribution >= 4 is 28.8 Å². The fraction of sp³-hybridized carbons (Fsp3) is 0.154. The number of nitrogens with zero attached hydrogens (tertiary/aromatic N) is 1. The molecule has 0 saturated carbocycles. The number of nitrogens with one attached hydrogen (secondary N) is 2. The number of hydrogen-bond acceptors (Lipinski definition) is 4. The Bertz CT molecular complexity index is 1400. The molecule has 34 heavy (non-hydrogen) atoms. The Kier molecular flexibility index (Phi) is 7.26. The summed E-state index contributed by atoms with van der Waals surface area (Å²) < 4.78 is 15.3. The maximum atomic E-state index is 14.2. The topological polar surface area (TPSA) is 63.1 Å². The van der Waals surface area contributed by atoms with E-state index in [0.717, 1.165) is 25.4 Å². The average Bonchev–Trinajstić information content (AvgIpc) is 3.31. The zero-order valence-electron chi connectivity index (χ0n) is 18.6. The Labute approximate surface area is 205 Å². The molecule has 0 aliphatic carbocycles. The summed E-state index contributed by atoms with van der Waals surface area (Å²) >= 11 is 7.81. The van der Waals surface area contributed by atoms with Crippen LogP contribution in [0.25, 0.3) is 16.1 Å². The van der Waals surface area contributed by atoms with Crippen LogP contribution in [0.15, 0.2) is 77.7 Å². The number of aromatic nitrogens is 1. The van der Waals surface area contributed by atoms with Crippen molar-refractivity contribution in [1.29, 1.82) is 0 Å². The normalized spacial score (nSPS) is 11.9. The number of benzene rings is 2. The number of pyridine rings is 1. The molecule has 4 aromatic rings. The van der Waals surface area contributed by atoms with Crippen molar-refractivity contribution in [3.63, 3.8) is 0 Å². The molecule has 0 spiro atoms. The number of carbonyl (C=O) groups excluding carboxylic acids is 1. The second-order valence-corrected chi connectivity index (χ2v) is 9.36. The van der Waals surface area contributed by atoms with E-state index >= 15 is 0 Å². The monoisotopic (exact) mass is 495 g/mol. The molecule has 2 N–H and O–H groups in total. The van der Waals surface area contributed by atoms with Crippen molar-refractivity contribution in [3.05, 3.63) is 110 Å². The Morgan fingerprint density at radius 3 is 2.68 bits per heavy atom. The van der Waals surface area contributed by atoms with E-state index in [1.165, 1.54) is 30.5 Å². The third-order valence-electron chi connectivity index (χ3n) is 5.39. The van der Waals surface area contributed by atoms with Crippen LogP contribution in [0.5, 0.6) is 0 Å². The predicted octanol–water partition coefficient (Wildman–Crippen LogP) is 5.57. The van der Waals surface area contributed by atoms with Gasteiger partial charge in [0, 0.05) is 33.6 Å². The molecule has 2 aromatic heterocycles. The van der Waals surface area contributed by atoms with Gasteiger partial charge in [-0.1, -0.05) is 29.8 Å². The third kappa shape index (κ3) is 5.12. The lowest BCUT2D eigenvalue weighted by Gasteiger charge is -2.14. The summed E-state index contributed by atoms with van der Waals surface area (Å²) in [4.78, 5) is 27.2. The Morgan fingerprint density at radius 2 is 1.91 bits per heavy atom. The highest BCUT2D eigenvalue weighted by molar-refractivity contribution is 7.15. The maximum absolute atomic E-state index is 14.2. The molecule has 2 heterocycles. The number of thiophene rings is 1. The Hall–Kier alpha value is -3.26. The van der Waals surface area contributed by atoms with Gasteiger partial charge in [0.15, 0.2) is 0 Å². The lowest BCUT2D eigenvalue weighted by molar-refractivity contribution is 0.0940. The molecule has 0 radical (unpaired) electrons. The standard InChI is InChI=1S/C26H23ClFN3O2S/c1-16(23-10-11-24(34-23)20-13-19(27)9-7-17(20)14-29-2)30-26(33)18-8-12-25(32)31(15-18)22-6-4-3-5-21(22)28/h3-13,15-16,29H,14H2,1-2H3,(H,30,33)/t16-/m1/s1. The van der Waals surface area contributed by atoms with E-state index in [1.807, 2.05) is 44.3 Å².